The summed E-state index contributed by atoms with van der Waals surface area (Å²) in [6.07, 6.45) is -1.19. The Morgan fingerprint density at radius 1 is 1.04 bits per heavy atom. The van der Waals surface area contributed by atoms with E-state index in [2.05, 4.69) is 25.6 Å². The molecule has 0 amide bonds. The Labute approximate surface area is 141 Å². The van der Waals surface area contributed by atoms with Crippen LogP contribution in [0.3, 0.4) is 0 Å². The van der Waals surface area contributed by atoms with Crippen LogP contribution >= 0.6 is 0 Å². The SMILES string of the molecule is CCNc1nc(F)nc(Nc2cc(S(=O)(=O)O)ccc2S(=O)(=O)O)n1. The molecule has 0 aliphatic carbocycles. The van der Waals surface area contributed by atoms with E-state index in [-0.39, 0.29) is 5.95 Å². The maximum Gasteiger partial charge on any atom is 0.315 e. The number of benzene rings is 1. The van der Waals surface area contributed by atoms with Gasteiger partial charge in [-0.2, -0.15) is 36.2 Å². The second-order valence-corrected chi connectivity index (χ2v) is 7.33. The average molecular weight is 393 g/mol. The molecule has 1 aromatic heterocycles. The highest BCUT2D eigenvalue weighted by molar-refractivity contribution is 7.86. The Kier molecular flexibility index (Phi) is 5.17. The van der Waals surface area contributed by atoms with Crippen molar-refractivity contribution in [2.45, 2.75) is 16.7 Å². The van der Waals surface area contributed by atoms with Crippen molar-refractivity contribution in [2.24, 2.45) is 0 Å². The van der Waals surface area contributed by atoms with Gasteiger partial charge in [0.25, 0.3) is 20.2 Å². The predicted molar refractivity (Wildman–Crippen MR) is 83.3 cm³/mol. The first-order valence-electron chi connectivity index (χ1n) is 6.52. The van der Waals surface area contributed by atoms with Gasteiger partial charge in [0.05, 0.1) is 10.6 Å². The van der Waals surface area contributed by atoms with Gasteiger partial charge in [0, 0.05) is 6.54 Å². The molecule has 0 unspecified atom stereocenters. The average Bonchev–Trinajstić information content (AvgIpc) is 2.44. The molecule has 0 saturated heterocycles. The van der Waals surface area contributed by atoms with Gasteiger partial charge in [0.1, 0.15) is 4.90 Å². The van der Waals surface area contributed by atoms with Crippen LogP contribution in [-0.2, 0) is 20.2 Å². The maximum atomic E-state index is 13.4. The summed E-state index contributed by atoms with van der Waals surface area (Å²) >= 11 is 0. The highest BCUT2D eigenvalue weighted by atomic mass is 32.2. The number of rotatable bonds is 6. The Hall–Kier alpha value is -2.42. The van der Waals surface area contributed by atoms with Gasteiger partial charge in [-0.05, 0) is 25.1 Å². The fourth-order valence-corrected chi connectivity index (χ4v) is 2.89. The predicted octanol–water partition coefficient (Wildman–Crippen LogP) is 0.679. The largest absolute Gasteiger partial charge is 0.354 e. The van der Waals surface area contributed by atoms with Crippen LogP contribution in [0.5, 0.6) is 0 Å². The summed E-state index contributed by atoms with van der Waals surface area (Å²) in [6.45, 7) is 2.05. The van der Waals surface area contributed by atoms with Crippen molar-refractivity contribution < 1.29 is 30.3 Å². The van der Waals surface area contributed by atoms with Crippen molar-refractivity contribution in [3.63, 3.8) is 0 Å². The fourth-order valence-electron chi connectivity index (χ4n) is 1.76. The summed E-state index contributed by atoms with van der Waals surface area (Å²) in [7, 11) is -9.43. The fraction of sp³-hybridized carbons (Fsp3) is 0.182. The Morgan fingerprint density at radius 2 is 1.68 bits per heavy atom. The molecule has 0 aliphatic rings. The van der Waals surface area contributed by atoms with Crippen molar-refractivity contribution in [1.82, 2.24) is 15.0 Å². The quantitative estimate of drug-likeness (QED) is 0.508. The Morgan fingerprint density at radius 3 is 2.24 bits per heavy atom. The maximum absolute atomic E-state index is 13.4. The normalized spacial score (nSPS) is 12.0. The molecule has 1 aromatic carbocycles. The van der Waals surface area contributed by atoms with Gasteiger partial charge < -0.3 is 10.6 Å². The molecular weight excluding hydrogens is 381 g/mol. The molecule has 0 aliphatic heterocycles. The zero-order chi connectivity index (χ0) is 18.8. The highest BCUT2D eigenvalue weighted by Gasteiger charge is 2.21. The molecule has 11 nitrogen and oxygen atoms in total. The molecule has 2 aromatic rings. The molecule has 2 rings (SSSR count). The zero-order valence-corrected chi connectivity index (χ0v) is 14.1. The van der Waals surface area contributed by atoms with E-state index in [1.54, 1.807) is 6.92 Å². The summed E-state index contributed by atoms with van der Waals surface area (Å²) in [5.74, 6) is -0.613. The minimum absolute atomic E-state index is 0.156. The van der Waals surface area contributed by atoms with Gasteiger partial charge in [-0.25, -0.2) is 0 Å². The Bertz CT molecular complexity index is 1010. The second kappa shape index (κ2) is 6.83. The van der Waals surface area contributed by atoms with E-state index >= 15 is 0 Å². The van der Waals surface area contributed by atoms with E-state index in [4.69, 9.17) is 4.55 Å². The van der Waals surface area contributed by atoms with Crippen LogP contribution in [0.25, 0.3) is 0 Å². The molecule has 136 valence electrons. The van der Waals surface area contributed by atoms with Gasteiger partial charge in [0.15, 0.2) is 0 Å². The van der Waals surface area contributed by atoms with Crippen LogP contribution in [0.2, 0.25) is 0 Å². The van der Waals surface area contributed by atoms with Crippen LogP contribution < -0.4 is 10.6 Å². The van der Waals surface area contributed by atoms with Crippen molar-refractivity contribution in [2.75, 3.05) is 17.2 Å². The van der Waals surface area contributed by atoms with E-state index in [1.807, 2.05) is 0 Å². The first-order chi connectivity index (χ1) is 11.5. The van der Waals surface area contributed by atoms with E-state index < -0.39 is 47.7 Å². The number of nitrogens with zero attached hydrogens (tertiary/aromatic N) is 3. The van der Waals surface area contributed by atoms with Crippen LogP contribution in [-0.4, -0.2) is 47.4 Å². The van der Waals surface area contributed by atoms with Crippen LogP contribution in [0.1, 0.15) is 6.92 Å². The van der Waals surface area contributed by atoms with E-state index in [0.717, 1.165) is 12.1 Å². The molecule has 1 heterocycles. The zero-order valence-electron chi connectivity index (χ0n) is 12.5. The van der Waals surface area contributed by atoms with Crippen molar-refractivity contribution in [1.29, 1.82) is 0 Å². The van der Waals surface area contributed by atoms with E-state index in [9.17, 15) is 25.8 Å². The number of hydrogen-bond acceptors (Lipinski definition) is 9. The molecule has 4 N–H and O–H groups in total. The standard InChI is InChI=1S/C11H12FN5O6S2/c1-2-13-10-15-9(12)16-11(17-10)14-7-5-6(24(18,19)20)3-4-8(7)25(21,22)23/h3-5H,2H2,1H3,(H,18,19,20)(H,21,22,23)(H2,13,14,15,16,17). The van der Waals surface area contributed by atoms with Gasteiger partial charge in [-0.1, -0.05) is 0 Å². The number of halogens is 1. The van der Waals surface area contributed by atoms with Crippen LogP contribution in [0.4, 0.5) is 22.0 Å². The molecule has 0 spiro atoms. The number of aromatic nitrogens is 3. The summed E-state index contributed by atoms with van der Waals surface area (Å²) in [4.78, 5) is 9.01. The van der Waals surface area contributed by atoms with Crippen molar-refractivity contribution in [3.8, 4) is 0 Å². The molecular formula is C11H12FN5O6S2. The lowest BCUT2D eigenvalue weighted by atomic mass is 10.3. The van der Waals surface area contributed by atoms with Gasteiger partial charge in [-0.15, -0.1) is 0 Å². The molecule has 0 fully saturated rings. The lowest BCUT2D eigenvalue weighted by Gasteiger charge is -2.11. The van der Waals surface area contributed by atoms with E-state index in [1.165, 1.54) is 0 Å². The number of hydrogen-bond donors (Lipinski definition) is 4. The molecule has 14 heteroatoms. The monoisotopic (exact) mass is 393 g/mol. The third-order valence-electron chi connectivity index (χ3n) is 2.72. The molecule has 25 heavy (non-hydrogen) atoms. The molecule has 0 atom stereocenters. The summed E-state index contributed by atoms with van der Waals surface area (Å²) in [5.41, 5.74) is -0.495. The first kappa shape index (κ1) is 18.9. The number of nitrogens with one attached hydrogen (secondary N) is 2. The van der Waals surface area contributed by atoms with Gasteiger partial charge in [0.2, 0.25) is 11.9 Å². The molecule has 0 radical (unpaired) electrons. The van der Waals surface area contributed by atoms with Gasteiger partial charge >= 0.3 is 6.08 Å². The summed E-state index contributed by atoms with van der Waals surface area (Å²) < 4.78 is 76.9. The van der Waals surface area contributed by atoms with E-state index in [0.29, 0.717) is 12.6 Å². The van der Waals surface area contributed by atoms with Gasteiger partial charge in [-0.3, -0.25) is 9.11 Å². The minimum Gasteiger partial charge on any atom is -0.354 e. The third-order valence-corrected chi connectivity index (χ3v) is 4.48. The van der Waals surface area contributed by atoms with Crippen LogP contribution in [0.15, 0.2) is 28.0 Å². The summed E-state index contributed by atoms with van der Waals surface area (Å²) in [6, 6.07) is 2.22. The van der Waals surface area contributed by atoms with Crippen molar-refractivity contribution in [3.05, 3.63) is 24.3 Å². The number of anilines is 3. The minimum atomic E-state index is -4.77. The molecule has 0 bridgehead atoms. The first-order valence-corrected chi connectivity index (χ1v) is 9.40. The third kappa shape index (κ3) is 4.79. The summed E-state index contributed by atoms with van der Waals surface area (Å²) in [5, 5.41) is 4.88. The lowest BCUT2D eigenvalue weighted by molar-refractivity contribution is 0.479. The Balaban J connectivity index is 2.57. The molecule has 0 saturated carbocycles. The highest BCUT2D eigenvalue weighted by Crippen LogP contribution is 2.27. The lowest BCUT2D eigenvalue weighted by Crippen LogP contribution is -2.11. The van der Waals surface area contributed by atoms with Crippen LogP contribution in [0, 0.1) is 6.08 Å². The smallest absolute Gasteiger partial charge is 0.315 e. The topological polar surface area (TPSA) is 171 Å². The second-order valence-electron chi connectivity index (χ2n) is 4.52. The van der Waals surface area contributed by atoms with Crippen molar-refractivity contribution >= 4 is 37.8 Å².